The smallest absolute Gasteiger partial charge is 0.302 e. The van der Waals surface area contributed by atoms with Gasteiger partial charge in [0, 0.05) is 20.0 Å². The molecule has 0 spiro atoms. The van der Waals surface area contributed by atoms with Crippen LogP contribution < -0.4 is 0 Å². The van der Waals surface area contributed by atoms with Gasteiger partial charge >= 0.3 is 5.97 Å². The average molecular weight is 459 g/mol. The summed E-state index contributed by atoms with van der Waals surface area (Å²) < 4.78 is 12.4. The van der Waals surface area contributed by atoms with Crippen molar-refractivity contribution in [3.8, 4) is 0 Å². The molecule has 11 atom stereocenters. The summed E-state index contributed by atoms with van der Waals surface area (Å²) in [6.45, 7) is 11.6. The lowest BCUT2D eigenvalue weighted by molar-refractivity contribution is -0.148. The molecular weight excluding hydrogens is 412 g/mol. The first-order valence-electron chi connectivity index (χ1n) is 13.8. The molecule has 1 N–H and O–H groups in total. The van der Waals surface area contributed by atoms with Crippen molar-refractivity contribution in [1.29, 1.82) is 0 Å². The highest BCUT2D eigenvalue weighted by Crippen LogP contribution is 2.69. The van der Waals surface area contributed by atoms with Crippen LogP contribution in [0.25, 0.3) is 0 Å². The Kier molecular flexibility index (Phi) is 6.26. The maximum atomic E-state index is 11.5. The lowest BCUT2D eigenvalue weighted by Crippen LogP contribution is -2.51. The minimum absolute atomic E-state index is 0.0813. The maximum absolute atomic E-state index is 11.5. The summed E-state index contributed by atoms with van der Waals surface area (Å²) in [4.78, 5) is 11.5. The summed E-state index contributed by atoms with van der Waals surface area (Å²) in [6.07, 6.45) is 13.8. The van der Waals surface area contributed by atoms with Crippen LogP contribution >= 0.6 is 0 Å². The quantitative estimate of drug-likeness (QED) is 0.410. The van der Waals surface area contributed by atoms with Crippen LogP contribution in [-0.4, -0.2) is 36.0 Å². The number of carbonyl (C=O) groups excluding carboxylic acids is 1. The molecule has 4 fully saturated rings. The maximum Gasteiger partial charge on any atom is 0.302 e. The number of carbonyl (C=O) groups is 1. The van der Waals surface area contributed by atoms with Gasteiger partial charge < -0.3 is 14.6 Å². The molecule has 0 aromatic rings. The van der Waals surface area contributed by atoms with Crippen molar-refractivity contribution in [3.63, 3.8) is 0 Å². The zero-order valence-corrected chi connectivity index (χ0v) is 21.5. The summed E-state index contributed by atoms with van der Waals surface area (Å²) in [5.74, 6) is 3.86. The second-order valence-corrected chi connectivity index (χ2v) is 13.0. The number of hydrogen-bond donors (Lipinski definition) is 1. The molecule has 3 saturated carbocycles. The van der Waals surface area contributed by atoms with Crippen LogP contribution in [0, 0.1) is 46.3 Å². The van der Waals surface area contributed by atoms with E-state index in [2.05, 4.69) is 33.8 Å². The van der Waals surface area contributed by atoms with Gasteiger partial charge in [0.25, 0.3) is 0 Å². The first-order valence-corrected chi connectivity index (χ1v) is 13.8. The van der Waals surface area contributed by atoms with Crippen LogP contribution in [0.4, 0.5) is 0 Å². The SMILES string of the molecule is CC(=O)O[C@H]1CC[C@@]2(C)C(=CC[C@H]3[C@@H]4C[C@@H]5O[C@H](CC[C@@H](C)CO)[C@@H](C)[C@@H]5[C@@]4(C)CC[C@@H]32)C1. The van der Waals surface area contributed by atoms with E-state index in [0.717, 1.165) is 49.9 Å². The van der Waals surface area contributed by atoms with Crippen molar-refractivity contribution in [2.45, 2.75) is 111 Å². The van der Waals surface area contributed by atoms with E-state index in [0.29, 0.717) is 35.4 Å². The topological polar surface area (TPSA) is 55.8 Å². The van der Waals surface area contributed by atoms with E-state index in [1.807, 2.05) is 0 Å². The molecule has 4 nitrogen and oxygen atoms in total. The monoisotopic (exact) mass is 458 g/mol. The highest BCUT2D eigenvalue weighted by atomic mass is 16.5. The highest BCUT2D eigenvalue weighted by Gasteiger charge is 2.64. The van der Waals surface area contributed by atoms with Crippen molar-refractivity contribution in [2.75, 3.05) is 6.61 Å². The number of esters is 1. The van der Waals surface area contributed by atoms with E-state index in [9.17, 15) is 9.90 Å². The molecule has 0 aromatic carbocycles. The van der Waals surface area contributed by atoms with Crippen LogP contribution in [0.3, 0.4) is 0 Å². The molecule has 4 heteroatoms. The number of rotatable bonds is 5. The Bertz CT molecular complexity index is 790. The third-order valence-electron chi connectivity index (χ3n) is 11.2. The van der Waals surface area contributed by atoms with Crippen LogP contribution in [0.5, 0.6) is 0 Å². The number of aliphatic hydroxyl groups is 1. The van der Waals surface area contributed by atoms with Crippen molar-refractivity contribution < 1.29 is 19.4 Å². The largest absolute Gasteiger partial charge is 0.462 e. The summed E-state index contributed by atoms with van der Waals surface area (Å²) in [7, 11) is 0. The lowest BCUT2D eigenvalue weighted by atomic mass is 9.47. The number of ether oxygens (including phenoxy) is 2. The Morgan fingerprint density at radius 1 is 1.27 bits per heavy atom. The predicted molar refractivity (Wildman–Crippen MR) is 129 cm³/mol. The number of hydrogen-bond acceptors (Lipinski definition) is 4. The van der Waals surface area contributed by atoms with Crippen LogP contribution in [0.15, 0.2) is 11.6 Å². The molecule has 0 aromatic heterocycles. The van der Waals surface area contributed by atoms with E-state index in [1.54, 1.807) is 12.5 Å². The van der Waals surface area contributed by atoms with E-state index in [-0.39, 0.29) is 24.1 Å². The number of fused-ring (bicyclic) bond motifs is 7. The van der Waals surface area contributed by atoms with Gasteiger partial charge in [0.05, 0.1) is 12.2 Å². The van der Waals surface area contributed by atoms with Crippen LogP contribution in [-0.2, 0) is 14.3 Å². The fourth-order valence-electron chi connectivity index (χ4n) is 9.52. The summed E-state index contributed by atoms with van der Waals surface area (Å²) in [6, 6.07) is 0. The van der Waals surface area contributed by atoms with Gasteiger partial charge in [0.15, 0.2) is 0 Å². The van der Waals surface area contributed by atoms with Crippen molar-refractivity contribution in [1.82, 2.24) is 0 Å². The standard InChI is InChI=1S/C29H46O4/c1-17(16-30)6-9-25-18(2)27-26(33-25)15-24-22-8-7-20-14-21(32-19(3)31)10-12-28(20,4)23(22)11-13-29(24,27)5/h7,17-18,21-27,30H,6,8-16H2,1-5H3/t17-,18-,21+,22-,23+,24+,25-,26+,27+,28+,29+/m1/s1. The fourth-order valence-corrected chi connectivity index (χ4v) is 9.52. The van der Waals surface area contributed by atoms with Crippen molar-refractivity contribution in [2.24, 2.45) is 46.3 Å². The molecule has 0 unspecified atom stereocenters. The number of aliphatic hydroxyl groups excluding tert-OH is 1. The molecule has 5 aliphatic rings. The van der Waals surface area contributed by atoms with Gasteiger partial charge in [-0.25, -0.2) is 0 Å². The molecule has 186 valence electrons. The highest BCUT2D eigenvalue weighted by molar-refractivity contribution is 5.66. The second kappa shape index (κ2) is 8.66. The molecule has 0 radical (unpaired) electrons. The third kappa shape index (κ3) is 3.82. The number of allylic oxidation sites excluding steroid dienone is 1. The summed E-state index contributed by atoms with van der Waals surface area (Å²) in [5, 5.41) is 9.43. The van der Waals surface area contributed by atoms with Crippen molar-refractivity contribution in [3.05, 3.63) is 11.6 Å². The minimum atomic E-state index is -0.137. The minimum Gasteiger partial charge on any atom is -0.462 e. The molecule has 5 rings (SSSR count). The first kappa shape index (κ1) is 23.9. The first-order chi connectivity index (χ1) is 15.7. The predicted octanol–water partition coefficient (Wildman–Crippen LogP) is 5.92. The molecule has 33 heavy (non-hydrogen) atoms. The van der Waals surface area contributed by atoms with Gasteiger partial charge in [-0.1, -0.05) is 39.3 Å². The lowest BCUT2D eigenvalue weighted by Gasteiger charge is -2.58. The molecular formula is C29H46O4. The zero-order valence-electron chi connectivity index (χ0n) is 21.5. The van der Waals surface area contributed by atoms with E-state index in [4.69, 9.17) is 9.47 Å². The van der Waals surface area contributed by atoms with Crippen LogP contribution in [0.2, 0.25) is 0 Å². The van der Waals surface area contributed by atoms with Gasteiger partial charge in [0.1, 0.15) is 6.10 Å². The molecule has 4 aliphatic carbocycles. The molecule has 0 bridgehead atoms. The van der Waals surface area contributed by atoms with Crippen molar-refractivity contribution >= 4 is 5.97 Å². The van der Waals surface area contributed by atoms with Gasteiger partial charge in [0.2, 0.25) is 0 Å². The molecule has 0 amide bonds. The average Bonchev–Trinajstić information content (AvgIpc) is 3.25. The zero-order chi connectivity index (χ0) is 23.5. The van der Waals surface area contributed by atoms with Gasteiger partial charge in [-0.15, -0.1) is 0 Å². The fraction of sp³-hybridized carbons (Fsp3) is 0.897. The molecule has 1 heterocycles. The summed E-state index contributed by atoms with van der Waals surface area (Å²) >= 11 is 0. The van der Waals surface area contributed by atoms with E-state index in [1.165, 1.54) is 25.7 Å². The second-order valence-electron chi connectivity index (χ2n) is 13.0. The van der Waals surface area contributed by atoms with Gasteiger partial charge in [-0.3, -0.25) is 4.79 Å². The van der Waals surface area contributed by atoms with E-state index >= 15 is 0 Å². The molecule has 1 saturated heterocycles. The Morgan fingerprint density at radius 3 is 2.79 bits per heavy atom. The Morgan fingerprint density at radius 2 is 2.06 bits per heavy atom. The van der Waals surface area contributed by atoms with Gasteiger partial charge in [-0.2, -0.15) is 0 Å². The van der Waals surface area contributed by atoms with Crippen LogP contribution in [0.1, 0.15) is 92.4 Å². The summed E-state index contributed by atoms with van der Waals surface area (Å²) in [5.41, 5.74) is 2.26. The normalized spacial score (nSPS) is 49.3. The molecule has 1 aliphatic heterocycles. The Balaban J connectivity index is 1.31. The Labute approximate surface area is 200 Å². The van der Waals surface area contributed by atoms with Gasteiger partial charge in [-0.05, 0) is 97.7 Å². The Hall–Kier alpha value is -0.870. The third-order valence-corrected chi connectivity index (χ3v) is 11.2. The van der Waals surface area contributed by atoms with E-state index < -0.39 is 0 Å².